The standard InChI is InChI=1S/C25H42O3S/c1-17(2)12-10-9-11-13-21(23(27)28)29-16-18-14-19(24(3,4)5)22(26)20(15-18)25(6,7)8/h14-15,17,21,26H,9-13,16H2,1-8H3,(H,27,28). The molecule has 4 heteroatoms. The van der Waals surface area contributed by atoms with Crippen LogP contribution in [0.1, 0.15) is 104 Å². The first-order valence-corrected chi connectivity index (χ1v) is 12.0. The summed E-state index contributed by atoms with van der Waals surface area (Å²) in [4.78, 5) is 11.7. The number of unbranched alkanes of at least 4 members (excludes halogenated alkanes) is 2. The van der Waals surface area contributed by atoms with E-state index in [-0.39, 0.29) is 16.1 Å². The zero-order valence-electron chi connectivity index (χ0n) is 19.8. The van der Waals surface area contributed by atoms with E-state index in [0.717, 1.165) is 29.5 Å². The second-order valence-corrected chi connectivity index (χ2v) is 11.9. The lowest BCUT2D eigenvalue weighted by Crippen LogP contribution is -2.19. The average molecular weight is 423 g/mol. The lowest BCUT2D eigenvalue weighted by molar-refractivity contribution is -0.136. The number of aromatic hydroxyl groups is 1. The van der Waals surface area contributed by atoms with Gasteiger partial charge < -0.3 is 10.2 Å². The van der Waals surface area contributed by atoms with Gasteiger partial charge in [0, 0.05) is 5.75 Å². The van der Waals surface area contributed by atoms with Gasteiger partial charge in [0.15, 0.2) is 0 Å². The molecule has 3 nitrogen and oxygen atoms in total. The molecule has 0 aliphatic heterocycles. The molecule has 0 saturated heterocycles. The maximum Gasteiger partial charge on any atom is 0.316 e. The van der Waals surface area contributed by atoms with Crippen LogP contribution in [0.25, 0.3) is 0 Å². The van der Waals surface area contributed by atoms with Gasteiger partial charge in [-0.3, -0.25) is 4.79 Å². The van der Waals surface area contributed by atoms with Gasteiger partial charge in [-0.05, 0) is 39.9 Å². The van der Waals surface area contributed by atoms with E-state index < -0.39 is 5.97 Å². The largest absolute Gasteiger partial charge is 0.507 e. The Hall–Kier alpha value is -1.16. The first kappa shape index (κ1) is 25.9. The maximum absolute atomic E-state index is 11.7. The van der Waals surface area contributed by atoms with Crippen LogP contribution in [0.2, 0.25) is 0 Å². The summed E-state index contributed by atoms with van der Waals surface area (Å²) in [7, 11) is 0. The average Bonchev–Trinajstić information content (AvgIpc) is 2.55. The van der Waals surface area contributed by atoms with Crippen LogP contribution in [0.15, 0.2) is 12.1 Å². The summed E-state index contributed by atoms with van der Waals surface area (Å²) in [6, 6.07) is 4.11. The van der Waals surface area contributed by atoms with Crippen molar-refractivity contribution < 1.29 is 15.0 Å². The van der Waals surface area contributed by atoms with Crippen molar-refractivity contribution in [2.24, 2.45) is 5.92 Å². The summed E-state index contributed by atoms with van der Waals surface area (Å²) in [5.41, 5.74) is 2.61. The molecule has 0 radical (unpaired) electrons. The third-order valence-electron chi connectivity index (χ3n) is 5.26. The van der Waals surface area contributed by atoms with Gasteiger partial charge in [-0.15, -0.1) is 11.8 Å². The van der Waals surface area contributed by atoms with E-state index in [2.05, 4.69) is 67.5 Å². The number of phenolic OH excluding ortho intramolecular Hbond substituents is 1. The summed E-state index contributed by atoms with van der Waals surface area (Å²) in [6.45, 7) is 17.1. The lowest BCUT2D eigenvalue weighted by Gasteiger charge is -2.28. The number of hydrogen-bond donors (Lipinski definition) is 2. The monoisotopic (exact) mass is 422 g/mol. The molecule has 0 saturated carbocycles. The fourth-order valence-electron chi connectivity index (χ4n) is 3.46. The van der Waals surface area contributed by atoms with Crippen molar-refractivity contribution in [3.8, 4) is 5.75 Å². The van der Waals surface area contributed by atoms with Gasteiger partial charge in [-0.25, -0.2) is 0 Å². The van der Waals surface area contributed by atoms with Crippen LogP contribution in [-0.4, -0.2) is 21.4 Å². The zero-order chi connectivity index (χ0) is 22.4. The van der Waals surface area contributed by atoms with Crippen LogP contribution in [-0.2, 0) is 21.4 Å². The van der Waals surface area contributed by atoms with Crippen molar-refractivity contribution in [2.75, 3.05) is 0 Å². The lowest BCUT2D eigenvalue weighted by atomic mass is 9.78. The van der Waals surface area contributed by atoms with E-state index >= 15 is 0 Å². The van der Waals surface area contributed by atoms with Gasteiger partial charge in [-0.2, -0.15) is 0 Å². The van der Waals surface area contributed by atoms with Crippen molar-refractivity contribution in [3.63, 3.8) is 0 Å². The van der Waals surface area contributed by atoms with Crippen LogP contribution in [0.3, 0.4) is 0 Å². The first-order chi connectivity index (χ1) is 13.2. The Bertz CT molecular complexity index is 631. The minimum atomic E-state index is -0.718. The summed E-state index contributed by atoms with van der Waals surface area (Å²) < 4.78 is 0. The van der Waals surface area contributed by atoms with E-state index in [1.807, 2.05) is 0 Å². The number of rotatable bonds is 10. The van der Waals surface area contributed by atoms with Crippen molar-refractivity contribution in [3.05, 3.63) is 28.8 Å². The number of hydrogen-bond acceptors (Lipinski definition) is 3. The third kappa shape index (κ3) is 8.62. The van der Waals surface area contributed by atoms with Gasteiger partial charge in [0.25, 0.3) is 0 Å². The smallest absolute Gasteiger partial charge is 0.316 e. The maximum atomic E-state index is 11.7. The molecule has 0 amide bonds. The third-order valence-corrected chi connectivity index (χ3v) is 6.60. The second kappa shape index (κ2) is 10.7. The van der Waals surface area contributed by atoms with Crippen LogP contribution >= 0.6 is 11.8 Å². The van der Waals surface area contributed by atoms with E-state index in [9.17, 15) is 15.0 Å². The second-order valence-electron chi connectivity index (χ2n) is 10.7. The molecule has 0 spiro atoms. The van der Waals surface area contributed by atoms with Crippen molar-refractivity contribution >= 4 is 17.7 Å². The fourth-order valence-corrected chi connectivity index (χ4v) is 4.49. The predicted molar refractivity (Wildman–Crippen MR) is 126 cm³/mol. The van der Waals surface area contributed by atoms with Crippen LogP contribution in [0.4, 0.5) is 0 Å². The molecule has 0 fully saturated rings. The molecule has 0 bridgehead atoms. The van der Waals surface area contributed by atoms with Gasteiger partial charge in [0.05, 0.1) is 0 Å². The molecule has 1 aromatic rings. The minimum absolute atomic E-state index is 0.173. The van der Waals surface area contributed by atoms with Gasteiger partial charge in [0.1, 0.15) is 11.0 Å². The van der Waals surface area contributed by atoms with E-state index in [0.29, 0.717) is 23.8 Å². The van der Waals surface area contributed by atoms with Gasteiger partial charge >= 0.3 is 5.97 Å². The summed E-state index contributed by atoms with van der Waals surface area (Å²) in [5.74, 6) is 1.02. The molecular formula is C25H42O3S. The Morgan fingerprint density at radius 1 is 0.931 bits per heavy atom. The molecule has 1 atom stereocenters. The van der Waals surface area contributed by atoms with Gasteiger partial charge in [0.2, 0.25) is 0 Å². The number of phenols is 1. The Balaban J connectivity index is 2.90. The number of aliphatic carboxylic acids is 1. The Morgan fingerprint density at radius 3 is 1.83 bits per heavy atom. The van der Waals surface area contributed by atoms with Crippen molar-refractivity contribution in [1.82, 2.24) is 0 Å². The number of carboxylic acids is 1. The van der Waals surface area contributed by atoms with E-state index in [1.54, 1.807) is 0 Å². The SMILES string of the molecule is CC(C)CCCCCC(SCc1cc(C(C)(C)C)c(O)c(C(C)(C)C)c1)C(=O)O. The van der Waals surface area contributed by atoms with E-state index in [4.69, 9.17) is 0 Å². The Labute approximate surface area is 182 Å². The highest BCUT2D eigenvalue weighted by Gasteiger charge is 2.27. The van der Waals surface area contributed by atoms with E-state index in [1.165, 1.54) is 24.6 Å². The summed E-state index contributed by atoms with van der Waals surface area (Å²) >= 11 is 1.51. The van der Waals surface area contributed by atoms with Gasteiger partial charge in [-0.1, -0.05) is 93.2 Å². The van der Waals surface area contributed by atoms with Crippen molar-refractivity contribution in [2.45, 2.75) is 109 Å². The molecule has 0 aliphatic carbocycles. The number of benzene rings is 1. The molecule has 166 valence electrons. The highest BCUT2D eigenvalue weighted by atomic mass is 32.2. The molecular weight excluding hydrogens is 380 g/mol. The number of carboxylic acid groups (broad SMARTS) is 1. The highest BCUT2D eigenvalue weighted by molar-refractivity contribution is 7.99. The fraction of sp³-hybridized carbons (Fsp3) is 0.720. The predicted octanol–water partition coefficient (Wildman–Crippen LogP) is 7.28. The quantitative estimate of drug-likeness (QED) is 0.389. The minimum Gasteiger partial charge on any atom is -0.507 e. The Morgan fingerprint density at radius 2 is 1.41 bits per heavy atom. The van der Waals surface area contributed by atoms with Crippen LogP contribution < -0.4 is 0 Å². The zero-order valence-corrected chi connectivity index (χ0v) is 20.6. The molecule has 0 aliphatic rings. The number of thioether (sulfide) groups is 1. The molecule has 0 heterocycles. The normalized spacial score (nSPS) is 13.7. The number of carbonyl (C=O) groups is 1. The van der Waals surface area contributed by atoms with Crippen LogP contribution in [0, 0.1) is 5.92 Å². The highest BCUT2D eigenvalue weighted by Crippen LogP contribution is 2.40. The van der Waals surface area contributed by atoms with Crippen LogP contribution in [0.5, 0.6) is 5.75 Å². The summed E-state index contributed by atoms with van der Waals surface area (Å²) in [6.07, 6.45) is 5.17. The molecule has 1 rings (SSSR count). The van der Waals surface area contributed by atoms with Crippen molar-refractivity contribution in [1.29, 1.82) is 0 Å². The molecule has 2 N–H and O–H groups in total. The first-order valence-electron chi connectivity index (χ1n) is 10.9. The summed E-state index contributed by atoms with van der Waals surface area (Å²) in [5, 5.41) is 20.1. The topological polar surface area (TPSA) is 57.5 Å². The Kier molecular flexibility index (Phi) is 9.59. The molecule has 29 heavy (non-hydrogen) atoms. The molecule has 1 aromatic carbocycles. The molecule has 1 unspecified atom stereocenters. The molecule has 0 aromatic heterocycles.